The quantitative estimate of drug-likeness (QED) is 0.791. The maximum absolute atomic E-state index is 12.6. The molecule has 0 atom stereocenters. The summed E-state index contributed by atoms with van der Waals surface area (Å²) in [5.41, 5.74) is 1.72. The third-order valence-corrected chi connectivity index (χ3v) is 1.62. The summed E-state index contributed by atoms with van der Waals surface area (Å²) in [6, 6.07) is 4.52. The van der Waals surface area contributed by atoms with E-state index in [0.29, 0.717) is 6.54 Å². The van der Waals surface area contributed by atoms with Gasteiger partial charge in [-0.1, -0.05) is 0 Å². The van der Waals surface area contributed by atoms with E-state index < -0.39 is 0 Å². The van der Waals surface area contributed by atoms with Gasteiger partial charge in [0, 0.05) is 12.2 Å². The summed E-state index contributed by atoms with van der Waals surface area (Å²) < 4.78 is 12.6. The van der Waals surface area contributed by atoms with Crippen LogP contribution in [0.1, 0.15) is 5.56 Å². The lowest BCUT2D eigenvalue weighted by atomic mass is 10.2. The van der Waals surface area contributed by atoms with Gasteiger partial charge >= 0.3 is 0 Å². The van der Waals surface area contributed by atoms with Gasteiger partial charge in [0.15, 0.2) is 0 Å². The Labute approximate surface area is 83.2 Å². The van der Waals surface area contributed by atoms with Gasteiger partial charge in [-0.2, -0.15) is 0 Å². The topological polar surface area (TPSA) is 32.3 Å². The number of nitrogens with one attached hydrogen (secondary N) is 1. The lowest BCUT2D eigenvalue weighted by molar-refractivity contribution is 0.311. The van der Waals surface area contributed by atoms with Crippen LogP contribution in [0.3, 0.4) is 0 Å². The van der Waals surface area contributed by atoms with Gasteiger partial charge in [-0.3, -0.25) is 0 Å². The molecule has 0 spiro atoms. The summed E-state index contributed by atoms with van der Waals surface area (Å²) in [7, 11) is 0. The molecule has 1 aromatic carbocycles. The highest BCUT2D eigenvalue weighted by molar-refractivity contribution is 5.85. The summed E-state index contributed by atoms with van der Waals surface area (Å²) in [5, 5.41) is 11.5. The third kappa shape index (κ3) is 3.61. The van der Waals surface area contributed by atoms with Gasteiger partial charge in [0.05, 0.1) is 6.61 Å². The van der Waals surface area contributed by atoms with Crippen LogP contribution in [0.25, 0.3) is 0 Å². The molecule has 0 aliphatic rings. The second-order valence-corrected chi connectivity index (χ2v) is 2.61. The molecule has 1 aromatic rings. The Bertz CT molecular complexity index is 268. The van der Waals surface area contributed by atoms with Gasteiger partial charge < -0.3 is 10.4 Å². The number of hydrogen-bond acceptors (Lipinski definition) is 2. The van der Waals surface area contributed by atoms with Crippen molar-refractivity contribution in [1.29, 1.82) is 0 Å². The number of rotatable bonds is 3. The van der Waals surface area contributed by atoms with E-state index in [2.05, 4.69) is 5.32 Å². The molecular weight excluding hydrogens is 193 g/mol. The van der Waals surface area contributed by atoms with E-state index in [-0.39, 0.29) is 24.8 Å². The standard InChI is InChI=1S/C9H12FNO.ClH/c1-7-6-8(10)2-3-9(7)11-4-5-12;/h2-3,6,11-12H,4-5H2,1H3;1H. The van der Waals surface area contributed by atoms with Crippen LogP contribution in [-0.2, 0) is 0 Å². The molecule has 0 unspecified atom stereocenters. The average molecular weight is 206 g/mol. The van der Waals surface area contributed by atoms with Crippen LogP contribution in [0.5, 0.6) is 0 Å². The molecule has 0 saturated carbocycles. The molecule has 13 heavy (non-hydrogen) atoms. The molecule has 0 bridgehead atoms. The van der Waals surface area contributed by atoms with Crippen LogP contribution in [-0.4, -0.2) is 18.3 Å². The van der Waals surface area contributed by atoms with Crippen molar-refractivity contribution in [1.82, 2.24) is 0 Å². The van der Waals surface area contributed by atoms with Gasteiger partial charge in [0.2, 0.25) is 0 Å². The summed E-state index contributed by atoms with van der Waals surface area (Å²) in [5.74, 6) is -0.234. The van der Waals surface area contributed by atoms with Crippen LogP contribution in [0, 0.1) is 12.7 Å². The largest absolute Gasteiger partial charge is 0.395 e. The van der Waals surface area contributed by atoms with Gasteiger partial charge in [0.25, 0.3) is 0 Å². The molecule has 0 saturated heterocycles. The molecule has 2 nitrogen and oxygen atoms in total. The second-order valence-electron chi connectivity index (χ2n) is 2.61. The smallest absolute Gasteiger partial charge is 0.123 e. The number of anilines is 1. The van der Waals surface area contributed by atoms with Crippen molar-refractivity contribution < 1.29 is 9.50 Å². The normalized spacial score (nSPS) is 9.15. The molecule has 0 amide bonds. The van der Waals surface area contributed by atoms with Crippen molar-refractivity contribution in [2.24, 2.45) is 0 Å². The first-order valence-electron chi connectivity index (χ1n) is 3.85. The molecule has 0 fully saturated rings. The fourth-order valence-corrected chi connectivity index (χ4v) is 1.02. The first kappa shape index (κ1) is 12.2. The monoisotopic (exact) mass is 205 g/mol. The van der Waals surface area contributed by atoms with E-state index in [0.717, 1.165) is 11.3 Å². The molecule has 0 radical (unpaired) electrons. The average Bonchev–Trinajstić information content (AvgIpc) is 2.03. The molecule has 0 aliphatic carbocycles. The Morgan fingerprint density at radius 2 is 2.15 bits per heavy atom. The van der Waals surface area contributed by atoms with E-state index in [1.807, 2.05) is 6.92 Å². The molecule has 0 aliphatic heterocycles. The van der Waals surface area contributed by atoms with Gasteiger partial charge in [-0.15, -0.1) is 12.4 Å². The molecule has 0 heterocycles. The Balaban J connectivity index is 0.00000144. The fraction of sp³-hybridized carbons (Fsp3) is 0.333. The van der Waals surface area contributed by atoms with Crippen LogP contribution in [0.4, 0.5) is 10.1 Å². The number of aryl methyl sites for hydroxylation is 1. The first-order valence-corrected chi connectivity index (χ1v) is 3.85. The number of aliphatic hydroxyl groups is 1. The van der Waals surface area contributed by atoms with Crippen LogP contribution >= 0.6 is 12.4 Å². The number of hydrogen-bond donors (Lipinski definition) is 2. The predicted molar refractivity (Wildman–Crippen MR) is 54.0 cm³/mol. The van der Waals surface area contributed by atoms with Crippen molar-refractivity contribution in [3.05, 3.63) is 29.6 Å². The van der Waals surface area contributed by atoms with Crippen molar-refractivity contribution in [2.45, 2.75) is 6.92 Å². The molecule has 74 valence electrons. The van der Waals surface area contributed by atoms with Crippen molar-refractivity contribution >= 4 is 18.1 Å². The zero-order valence-corrected chi connectivity index (χ0v) is 8.20. The minimum Gasteiger partial charge on any atom is -0.395 e. The zero-order valence-electron chi connectivity index (χ0n) is 7.38. The predicted octanol–water partition coefficient (Wildman–Crippen LogP) is 1.96. The van der Waals surface area contributed by atoms with E-state index in [1.54, 1.807) is 6.07 Å². The molecule has 2 N–H and O–H groups in total. The minimum absolute atomic E-state index is 0. The highest BCUT2D eigenvalue weighted by Gasteiger charge is 1.97. The first-order chi connectivity index (χ1) is 5.74. The van der Waals surface area contributed by atoms with E-state index in [4.69, 9.17) is 5.11 Å². The van der Waals surface area contributed by atoms with Crippen LogP contribution in [0.15, 0.2) is 18.2 Å². The Morgan fingerprint density at radius 1 is 1.46 bits per heavy atom. The highest BCUT2D eigenvalue weighted by Crippen LogP contribution is 2.14. The number of benzene rings is 1. The fourth-order valence-electron chi connectivity index (χ4n) is 1.02. The van der Waals surface area contributed by atoms with E-state index in [1.165, 1.54) is 12.1 Å². The van der Waals surface area contributed by atoms with Gasteiger partial charge in [-0.05, 0) is 30.7 Å². The number of halogens is 2. The summed E-state index contributed by atoms with van der Waals surface area (Å²) in [6.45, 7) is 2.39. The lowest BCUT2D eigenvalue weighted by Crippen LogP contribution is -2.06. The van der Waals surface area contributed by atoms with Crippen LogP contribution in [0.2, 0.25) is 0 Å². The summed E-state index contributed by atoms with van der Waals surface area (Å²) in [4.78, 5) is 0. The molecule has 4 heteroatoms. The van der Waals surface area contributed by atoms with Crippen molar-refractivity contribution in [3.8, 4) is 0 Å². The van der Waals surface area contributed by atoms with Gasteiger partial charge in [-0.25, -0.2) is 4.39 Å². The Hall–Kier alpha value is -0.800. The van der Waals surface area contributed by atoms with Crippen molar-refractivity contribution in [2.75, 3.05) is 18.5 Å². The van der Waals surface area contributed by atoms with E-state index in [9.17, 15) is 4.39 Å². The maximum atomic E-state index is 12.6. The SMILES string of the molecule is Cc1cc(F)ccc1NCCO.Cl. The van der Waals surface area contributed by atoms with Gasteiger partial charge in [0.1, 0.15) is 5.82 Å². The summed E-state index contributed by atoms with van der Waals surface area (Å²) in [6.07, 6.45) is 0. The maximum Gasteiger partial charge on any atom is 0.123 e. The molecule has 0 aromatic heterocycles. The Morgan fingerprint density at radius 3 is 2.69 bits per heavy atom. The van der Waals surface area contributed by atoms with Crippen LogP contribution < -0.4 is 5.32 Å². The summed E-state index contributed by atoms with van der Waals surface area (Å²) >= 11 is 0. The molecule has 1 rings (SSSR count). The zero-order chi connectivity index (χ0) is 8.97. The number of aliphatic hydroxyl groups excluding tert-OH is 1. The molecular formula is C9H13ClFNO. The van der Waals surface area contributed by atoms with E-state index >= 15 is 0 Å². The highest BCUT2D eigenvalue weighted by atomic mass is 35.5. The third-order valence-electron chi connectivity index (χ3n) is 1.62. The van der Waals surface area contributed by atoms with Crippen molar-refractivity contribution in [3.63, 3.8) is 0 Å². The Kier molecular flexibility index (Phi) is 5.42. The minimum atomic E-state index is -0.234. The second kappa shape index (κ2) is 5.78. The lowest BCUT2D eigenvalue weighted by Gasteiger charge is -2.07.